The summed E-state index contributed by atoms with van der Waals surface area (Å²) in [5.74, 6) is 1.77. The maximum absolute atomic E-state index is 12.8. The molecule has 1 fully saturated rings. The summed E-state index contributed by atoms with van der Waals surface area (Å²) in [6.07, 6.45) is 5.08. The summed E-state index contributed by atoms with van der Waals surface area (Å²) >= 11 is 0.632. The summed E-state index contributed by atoms with van der Waals surface area (Å²) in [4.78, 5) is 27.7. The molecule has 0 saturated carbocycles. The van der Waals surface area contributed by atoms with E-state index in [1.165, 1.54) is 40.4 Å². The van der Waals surface area contributed by atoms with Gasteiger partial charge in [-0.2, -0.15) is 9.03 Å². The Labute approximate surface area is 184 Å². The second-order valence-corrected chi connectivity index (χ2v) is 11.6. The first-order valence-electron chi connectivity index (χ1n) is 9.08. The van der Waals surface area contributed by atoms with Crippen molar-refractivity contribution in [1.82, 2.24) is 18.9 Å². The Morgan fingerprint density at radius 1 is 1.23 bits per heavy atom. The van der Waals surface area contributed by atoms with Gasteiger partial charge in [-0.15, -0.1) is 6.42 Å². The standard InChI is InChI=1S/C18H20N4O6S3/c1-3-7-19-30(25,26)15-6-4-5-14(12-15)16(23)21-8-10-22(11-9-21)31(27,28)17-13(2)20-18(24)29-17/h1,4-6,12,19H,7-11H2,2H3,(H,20,24). The number of terminal acetylenes is 1. The fourth-order valence-electron chi connectivity index (χ4n) is 3.08. The zero-order valence-corrected chi connectivity index (χ0v) is 18.9. The van der Waals surface area contributed by atoms with Crippen LogP contribution in [0.5, 0.6) is 0 Å². The van der Waals surface area contributed by atoms with Crippen molar-refractivity contribution in [3.63, 3.8) is 0 Å². The van der Waals surface area contributed by atoms with Crippen molar-refractivity contribution in [2.24, 2.45) is 0 Å². The van der Waals surface area contributed by atoms with E-state index in [-0.39, 0.29) is 53.1 Å². The number of hydrogen-bond acceptors (Lipinski definition) is 7. The maximum atomic E-state index is 12.8. The van der Waals surface area contributed by atoms with Crippen molar-refractivity contribution in [2.75, 3.05) is 32.7 Å². The van der Waals surface area contributed by atoms with Gasteiger partial charge in [-0.05, 0) is 25.1 Å². The van der Waals surface area contributed by atoms with E-state index < -0.39 is 30.8 Å². The molecule has 31 heavy (non-hydrogen) atoms. The minimum atomic E-state index is -3.85. The maximum Gasteiger partial charge on any atom is 0.305 e. The Morgan fingerprint density at radius 3 is 2.48 bits per heavy atom. The lowest BCUT2D eigenvalue weighted by Crippen LogP contribution is -2.50. The molecule has 0 bridgehead atoms. The monoisotopic (exact) mass is 484 g/mol. The van der Waals surface area contributed by atoms with Crippen molar-refractivity contribution in [2.45, 2.75) is 16.0 Å². The van der Waals surface area contributed by atoms with E-state index in [9.17, 15) is 26.4 Å². The predicted octanol–water partition coefficient (Wildman–Crippen LogP) is -0.197. The fourth-order valence-corrected chi connectivity index (χ4v) is 6.92. The SMILES string of the molecule is C#CCNS(=O)(=O)c1cccc(C(=O)N2CCN(S(=O)(=O)c3sc(=O)[nH]c3C)CC2)c1. The second kappa shape index (κ2) is 8.93. The van der Waals surface area contributed by atoms with E-state index in [0.29, 0.717) is 11.3 Å². The Morgan fingerprint density at radius 2 is 1.90 bits per heavy atom. The highest BCUT2D eigenvalue weighted by Gasteiger charge is 2.33. The first-order valence-corrected chi connectivity index (χ1v) is 12.8. The summed E-state index contributed by atoms with van der Waals surface area (Å²) in [6.45, 7) is 1.71. The number of carbonyl (C=O) groups excluding carboxylic acids is 1. The summed E-state index contributed by atoms with van der Waals surface area (Å²) in [5, 5.41) is 0. The third-order valence-electron chi connectivity index (χ3n) is 4.64. The average molecular weight is 485 g/mol. The van der Waals surface area contributed by atoms with Crippen LogP contribution < -0.4 is 9.60 Å². The first kappa shape index (κ1) is 23.2. The molecule has 1 saturated heterocycles. The van der Waals surface area contributed by atoms with E-state index in [1.54, 1.807) is 0 Å². The summed E-state index contributed by atoms with van der Waals surface area (Å²) in [5.41, 5.74) is 0.449. The zero-order chi connectivity index (χ0) is 22.8. The number of aromatic nitrogens is 1. The highest BCUT2D eigenvalue weighted by molar-refractivity contribution is 7.91. The molecule has 0 atom stereocenters. The van der Waals surface area contributed by atoms with Crippen molar-refractivity contribution in [3.8, 4) is 12.3 Å². The van der Waals surface area contributed by atoms with Crippen LogP contribution in [0.1, 0.15) is 16.1 Å². The minimum Gasteiger partial charge on any atom is -0.336 e. The number of thiazole rings is 1. The van der Waals surface area contributed by atoms with Gasteiger partial charge < -0.3 is 9.88 Å². The van der Waals surface area contributed by atoms with Gasteiger partial charge in [0.2, 0.25) is 10.0 Å². The second-order valence-electron chi connectivity index (χ2n) is 6.68. The van der Waals surface area contributed by atoms with E-state index >= 15 is 0 Å². The lowest BCUT2D eigenvalue weighted by atomic mass is 10.2. The number of aryl methyl sites for hydroxylation is 1. The van der Waals surface area contributed by atoms with Gasteiger partial charge in [-0.3, -0.25) is 9.59 Å². The van der Waals surface area contributed by atoms with Gasteiger partial charge in [0.25, 0.3) is 15.9 Å². The van der Waals surface area contributed by atoms with Crippen LogP contribution in [-0.4, -0.2) is 69.7 Å². The summed E-state index contributed by atoms with van der Waals surface area (Å²) in [6, 6.07) is 5.55. The van der Waals surface area contributed by atoms with Crippen LogP contribution in [-0.2, 0) is 20.0 Å². The number of nitrogens with zero attached hydrogens (tertiary/aromatic N) is 2. The minimum absolute atomic E-state index is 0.0327. The molecule has 1 aromatic carbocycles. The molecular weight excluding hydrogens is 464 g/mol. The van der Waals surface area contributed by atoms with E-state index in [2.05, 4.69) is 15.6 Å². The molecule has 2 heterocycles. The van der Waals surface area contributed by atoms with E-state index in [1.807, 2.05) is 0 Å². The van der Waals surface area contributed by atoms with Crippen LogP contribution in [0.15, 0.2) is 38.2 Å². The van der Waals surface area contributed by atoms with Crippen LogP contribution in [0, 0.1) is 19.3 Å². The van der Waals surface area contributed by atoms with Gasteiger partial charge >= 0.3 is 4.87 Å². The van der Waals surface area contributed by atoms with Crippen molar-refractivity contribution >= 4 is 37.3 Å². The number of rotatable bonds is 6. The van der Waals surface area contributed by atoms with Gasteiger partial charge in [0.1, 0.15) is 0 Å². The molecule has 1 aromatic heterocycles. The van der Waals surface area contributed by atoms with Crippen LogP contribution in [0.4, 0.5) is 0 Å². The topological polar surface area (TPSA) is 137 Å². The summed E-state index contributed by atoms with van der Waals surface area (Å²) < 4.78 is 53.5. The molecule has 2 N–H and O–H groups in total. The molecule has 13 heteroatoms. The molecule has 10 nitrogen and oxygen atoms in total. The normalized spacial score (nSPS) is 15.5. The van der Waals surface area contributed by atoms with Crippen LogP contribution in [0.2, 0.25) is 0 Å². The molecular formula is C18H20N4O6S3. The van der Waals surface area contributed by atoms with E-state index in [4.69, 9.17) is 6.42 Å². The zero-order valence-electron chi connectivity index (χ0n) is 16.5. The number of benzene rings is 1. The van der Waals surface area contributed by atoms with Crippen LogP contribution in [0.3, 0.4) is 0 Å². The molecule has 1 aliphatic heterocycles. The molecule has 166 valence electrons. The fraction of sp³-hybridized carbons (Fsp3) is 0.333. The van der Waals surface area contributed by atoms with E-state index in [0.717, 1.165) is 0 Å². The van der Waals surface area contributed by atoms with Crippen molar-refractivity contribution < 1.29 is 21.6 Å². The molecule has 1 aliphatic rings. The number of aromatic amines is 1. The molecule has 3 rings (SSSR count). The number of carbonyl (C=O) groups is 1. The smallest absolute Gasteiger partial charge is 0.305 e. The number of hydrogen-bond donors (Lipinski definition) is 2. The van der Waals surface area contributed by atoms with Crippen LogP contribution >= 0.6 is 11.3 Å². The highest BCUT2D eigenvalue weighted by atomic mass is 32.2. The quantitative estimate of drug-likeness (QED) is 0.545. The summed E-state index contributed by atoms with van der Waals surface area (Å²) in [7, 11) is -7.69. The molecule has 2 aromatic rings. The first-order chi connectivity index (χ1) is 14.6. The molecule has 0 radical (unpaired) electrons. The highest BCUT2D eigenvalue weighted by Crippen LogP contribution is 2.23. The Balaban J connectivity index is 1.72. The van der Waals surface area contributed by atoms with Crippen LogP contribution in [0.25, 0.3) is 0 Å². The Bertz CT molecular complexity index is 1300. The number of piperazine rings is 1. The number of amides is 1. The predicted molar refractivity (Wildman–Crippen MR) is 115 cm³/mol. The van der Waals surface area contributed by atoms with Gasteiger partial charge in [0, 0.05) is 37.4 Å². The number of nitrogens with one attached hydrogen (secondary N) is 2. The van der Waals surface area contributed by atoms with Gasteiger partial charge in [-0.1, -0.05) is 23.3 Å². The Hall–Kier alpha value is -2.50. The van der Waals surface area contributed by atoms with Crippen molar-refractivity contribution in [3.05, 3.63) is 45.2 Å². The average Bonchev–Trinajstić information content (AvgIpc) is 3.10. The van der Waals surface area contributed by atoms with Crippen molar-refractivity contribution in [1.29, 1.82) is 0 Å². The van der Waals surface area contributed by atoms with Gasteiger partial charge in [-0.25, -0.2) is 16.8 Å². The molecule has 0 spiro atoms. The third kappa shape index (κ3) is 4.89. The molecule has 0 unspecified atom stereocenters. The molecule has 1 amide bonds. The Kier molecular flexibility index (Phi) is 6.68. The number of H-pyrrole nitrogens is 1. The largest absolute Gasteiger partial charge is 0.336 e. The molecule has 0 aliphatic carbocycles. The van der Waals surface area contributed by atoms with Gasteiger partial charge in [0.15, 0.2) is 4.21 Å². The lowest BCUT2D eigenvalue weighted by molar-refractivity contribution is 0.0697. The van der Waals surface area contributed by atoms with Gasteiger partial charge in [0.05, 0.1) is 11.4 Å². The third-order valence-corrected chi connectivity index (χ3v) is 9.52. The number of sulfonamides is 2. The lowest BCUT2D eigenvalue weighted by Gasteiger charge is -2.33.